The molecule has 0 radical (unpaired) electrons. The molecule has 1 aliphatic carbocycles. The first-order chi connectivity index (χ1) is 21.9. The quantitative estimate of drug-likeness (QED) is 0.322. The fourth-order valence-electron chi connectivity index (χ4n) is 5.25. The summed E-state index contributed by atoms with van der Waals surface area (Å²) in [4.78, 5) is 40.1. The van der Waals surface area contributed by atoms with Crippen molar-refractivity contribution >= 4 is 33.6 Å². The van der Waals surface area contributed by atoms with E-state index in [-0.39, 0.29) is 17.8 Å². The number of rotatable bonds is 7. The van der Waals surface area contributed by atoms with Gasteiger partial charge in [0.2, 0.25) is 5.82 Å². The summed E-state index contributed by atoms with van der Waals surface area (Å²) in [6, 6.07) is 12.4. The number of nitriles is 1. The molecule has 2 aliphatic rings. The van der Waals surface area contributed by atoms with Crippen LogP contribution in [0.4, 0.5) is 19.0 Å². The molecule has 11 nitrogen and oxygen atoms in total. The molecule has 1 aromatic carbocycles. The van der Waals surface area contributed by atoms with Crippen LogP contribution < -0.4 is 10.4 Å². The third-order valence-electron chi connectivity index (χ3n) is 7.72. The second-order valence-electron chi connectivity index (χ2n) is 11.1. The molecule has 2 aromatic heterocycles. The number of likely N-dealkylation sites (N-methyl/N-ethyl adjacent to an activating group) is 1. The molecule has 46 heavy (non-hydrogen) atoms. The highest BCUT2D eigenvalue weighted by atomic mass is 79.9. The number of hydrazine groups is 1. The van der Waals surface area contributed by atoms with Gasteiger partial charge in [-0.2, -0.15) is 23.4 Å². The molecule has 0 atom stereocenters. The molecule has 15 heteroatoms. The van der Waals surface area contributed by atoms with Gasteiger partial charge in [0.15, 0.2) is 5.82 Å². The number of amides is 1. The summed E-state index contributed by atoms with van der Waals surface area (Å²) in [6.07, 6.45) is 5.03. The van der Waals surface area contributed by atoms with E-state index < -0.39 is 12.1 Å². The normalized spacial score (nSPS) is 16.1. The number of hydrogen-bond donors (Lipinski definition) is 2. The predicted molar refractivity (Wildman–Crippen MR) is 167 cm³/mol. The van der Waals surface area contributed by atoms with E-state index in [1.165, 1.54) is 12.0 Å². The number of carboxylic acids is 1. The number of carbonyl (C=O) groups excluding carboxylic acids is 1. The second-order valence-corrected chi connectivity index (χ2v) is 12.0. The number of aromatic nitrogens is 3. The van der Waals surface area contributed by atoms with Crippen LogP contribution in [0.25, 0.3) is 11.1 Å². The Morgan fingerprint density at radius 1 is 1.09 bits per heavy atom. The third-order valence-corrected chi connectivity index (χ3v) is 8.28. The van der Waals surface area contributed by atoms with Crippen LogP contribution in [-0.4, -0.2) is 87.2 Å². The molecule has 1 aliphatic heterocycles. The minimum atomic E-state index is -5.08. The van der Waals surface area contributed by atoms with Crippen molar-refractivity contribution in [3.05, 3.63) is 70.3 Å². The Bertz CT molecular complexity index is 1550. The minimum Gasteiger partial charge on any atom is -0.475 e. The summed E-state index contributed by atoms with van der Waals surface area (Å²) < 4.78 is 32.4. The van der Waals surface area contributed by atoms with E-state index >= 15 is 0 Å². The first-order valence-corrected chi connectivity index (χ1v) is 15.5. The van der Waals surface area contributed by atoms with E-state index in [4.69, 9.17) is 9.90 Å². The SMILES string of the molecule is CN1CCN(Cc2cccc(-c3cncc(C(=O)NN(c4nc(C#N)ncc4Br)C4CCCCC4)c3)c2)CC1.O=C(O)C(F)(F)F. The summed E-state index contributed by atoms with van der Waals surface area (Å²) in [5.74, 6) is -2.48. The van der Waals surface area contributed by atoms with E-state index in [2.05, 4.69) is 77.4 Å². The third kappa shape index (κ3) is 9.68. The number of halogens is 4. The maximum absolute atomic E-state index is 13.5. The summed E-state index contributed by atoms with van der Waals surface area (Å²) in [5.41, 5.74) is 6.71. The number of benzene rings is 1. The van der Waals surface area contributed by atoms with Crippen molar-refractivity contribution in [1.29, 1.82) is 5.26 Å². The van der Waals surface area contributed by atoms with E-state index in [0.717, 1.165) is 69.5 Å². The number of aliphatic carboxylic acids is 1. The Kier molecular flexibility index (Phi) is 12.0. The molecule has 244 valence electrons. The average Bonchev–Trinajstić information content (AvgIpc) is 3.05. The highest BCUT2D eigenvalue weighted by Crippen LogP contribution is 2.30. The van der Waals surface area contributed by atoms with Crippen molar-refractivity contribution in [2.75, 3.05) is 38.2 Å². The lowest BCUT2D eigenvalue weighted by Gasteiger charge is -2.35. The summed E-state index contributed by atoms with van der Waals surface area (Å²) in [7, 11) is 2.17. The molecule has 2 N–H and O–H groups in total. The number of carbonyl (C=O) groups is 2. The van der Waals surface area contributed by atoms with Gasteiger partial charge in [0, 0.05) is 56.9 Å². The van der Waals surface area contributed by atoms with Crippen molar-refractivity contribution in [1.82, 2.24) is 30.2 Å². The topological polar surface area (TPSA) is 139 Å². The van der Waals surface area contributed by atoms with E-state index in [0.29, 0.717) is 15.9 Å². The van der Waals surface area contributed by atoms with Gasteiger partial charge in [-0.3, -0.25) is 25.1 Å². The van der Waals surface area contributed by atoms with E-state index in [1.807, 2.05) is 12.1 Å². The fraction of sp³-hybridized carbons (Fsp3) is 0.419. The summed E-state index contributed by atoms with van der Waals surface area (Å²) in [6.45, 7) is 5.20. The molecule has 5 rings (SSSR count). The largest absolute Gasteiger partial charge is 0.490 e. The van der Waals surface area contributed by atoms with Crippen LogP contribution in [-0.2, 0) is 11.3 Å². The average molecular weight is 704 g/mol. The van der Waals surface area contributed by atoms with Gasteiger partial charge >= 0.3 is 12.1 Å². The predicted octanol–water partition coefficient (Wildman–Crippen LogP) is 5.04. The fourth-order valence-corrected chi connectivity index (χ4v) is 5.63. The standard InChI is InChI=1S/C29H33BrN8O.C2HF3O2/c1-36-10-12-37(13-11-36)20-21-6-5-7-22(14-21)23-15-24(18-32-17-23)29(39)35-38(25-8-3-2-4-9-25)28-26(30)19-33-27(16-31)34-28;3-2(4,5)1(6)7/h5-7,14-15,17-19,25H,2-4,8-13,20H2,1H3,(H,35,39);(H,6,7). The van der Waals surface area contributed by atoms with Gasteiger partial charge in [-0.05, 0) is 59.1 Å². The number of hydrogen-bond acceptors (Lipinski definition) is 9. The van der Waals surface area contributed by atoms with Gasteiger partial charge in [-0.25, -0.2) is 9.78 Å². The molecule has 1 amide bonds. The number of nitrogens with one attached hydrogen (secondary N) is 1. The Hall–Kier alpha value is -4.13. The second kappa shape index (κ2) is 15.9. The van der Waals surface area contributed by atoms with E-state index in [1.54, 1.807) is 23.6 Å². The van der Waals surface area contributed by atoms with Crippen LogP contribution in [0.3, 0.4) is 0 Å². The van der Waals surface area contributed by atoms with Crippen LogP contribution in [0.2, 0.25) is 0 Å². The van der Waals surface area contributed by atoms with Gasteiger partial charge in [0.1, 0.15) is 6.07 Å². The van der Waals surface area contributed by atoms with Crippen LogP contribution >= 0.6 is 15.9 Å². The Morgan fingerprint density at radius 3 is 2.43 bits per heavy atom. The number of carboxylic acid groups (broad SMARTS) is 1. The smallest absolute Gasteiger partial charge is 0.475 e. The van der Waals surface area contributed by atoms with Crippen LogP contribution in [0.5, 0.6) is 0 Å². The van der Waals surface area contributed by atoms with Crippen molar-refractivity contribution in [2.45, 2.75) is 50.9 Å². The molecule has 0 spiro atoms. The Morgan fingerprint density at radius 2 is 1.78 bits per heavy atom. The maximum Gasteiger partial charge on any atom is 0.490 e. The molecule has 1 saturated heterocycles. The highest BCUT2D eigenvalue weighted by molar-refractivity contribution is 9.10. The molecular weight excluding hydrogens is 669 g/mol. The monoisotopic (exact) mass is 702 g/mol. The lowest BCUT2D eigenvalue weighted by atomic mass is 9.95. The minimum absolute atomic E-state index is 0.0587. The molecule has 3 heterocycles. The van der Waals surface area contributed by atoms with Crippen LogP contribution in [0, 0.1) is 11.3 Å². The van der Waals surface area contributed by atoms with Gasteiger partial charge in [0.25, 0.3) is 5.91 Å². The van der Waals surface area contributed by atoms with Crippen molar-refractivity contribution in [3.8, 4) is 17.2 Å². The number of piperazine rings is 1. The lowest BCUT2D eigenvalue weighted by Crippen LogP contribution is -2.50. The Balaban J connectivity index is 0.000000617. The molecule has 0 unspecified atom stereocenters. The molecular formula is C31H34BrF3N8O3. The number of pyridine rings is 1. The summed E-state index contributed by atoms with van der Waals surface area (Å²) >= 11 is 3.51. The van der Waals surface area contributed by atoms with Crippen LogP contribution in [0.1, 0.15) is 53.8 Å². The number of anilines is 1. The van der Waals surface area contributed by atoms with Gasteiger partial charge in [0.05, 0.1) is 16.1 Å². The molecule has 3 aromatic rings. The summed E-state index contributed by atoms with van der Waals surface area (Å²) in [5, 5.41) is 18.3. The molecule has 2 fully saturated rings. The number of nitrogens with zero attached hydrogens (tertiary/aromatic N) is 7. The number of alkyl halides is 3. The zero-order valence-corrected chi connectivity index (χ0v) is 26.8. The van der Waals surface area contributed by atoms with Crippen molar-refractivity contribution in [2.24, 2.45) is 0 Å². The van der Waals surface area contributed by atoms with Crippen molar-refractivity contribution < 1.29 is 27.9 Å². The van der Waals surface area contributed by atoms with Gasteiger partial charge in [-0.15, -0.1) is 0 Å². The molecule has 1 saturated carbocycles. The Labute approximate surface area is 273 Å². The first-order valence-electron chi connectivity index (χ1n) is 14.7. The zero-order valence-electron chi connectivity index (χ0n) is 25.2. The highest BCUT2D eigenvalue weighted by Gasteiger charge is 2.38. The maximum atomic E-state index is 13.5. The lowest BCUT2D eigenvalue weighted by molar-refractivity contribution is -0.192. The van der Waals surface area contributed by atoms with E-state index in [9.17, 15) is 23.2 Å². The zero-order chi connectivity index (χ0) is 33.3. The van der Waals surface area contributed by atoms with Gasteiger partial charge < -0.3 is 10.0 Å². The van der Waals surface area contributed by atoms with Crippen molar-refractivity contribution in [3.63, 3.8) is 0 Å². The first kappa shape index (κ1) is 34.7. The van der Waals surface area contributed by atoms with Crippen LogP contribution in [0.15, 0.2) is 53.4 Å². The molecule has 0 bridgehead atoms. The van der Waals surface area contributed by atoms with Gasteiger partial charge in [-0.1, -0.05) is 37.5 Å².